The van der Waals surface area contributed by atoms with Gasteiger partial charge in [-0.1, -0.05) is 70.2 Å². The molecule has 0 aliphatic carbocycles. The zero-order valence-corrected chi connectivity index (χ0v) is 15.1. The molecule has 0 amide bonds. The van der Waals surface area contributed by atoms with E-state index in [4.69, 9.17) is 2.74 Å². The summed E-state index contributed by atoms with van der Waals surface area (Å²) in [4.78, 5) is 4.61. The zero-order chi connectivity index (χ0) is 19.1. The molecule has 2 heteroatoms. The average Bonchev–Trinajstić information content (AvgIpc) is 3.02. The van der Waals surface area contributed by atoms with Gasteiger partial charge in [0.2, 0.25) is 0 Å². The Morgan fingerprint density at radius 3 is 2.12 bits per heavy atom. The van der Waals surface area contributed by atoms with Crippen molar-refractivity contribution in [2.75, 3.05) is 0 Å². The minimum atomic E-state index is -0.788. The van der Waals surface area contributed by atoms with Crippen LogP contribution >= 0.6 is 0 Å². The lowest BCUT2D eigenvalue weighted by Crippen LogP contribution is -2.08. The molecule has 0 aliphatic heterocycles. The van der Waals surface area contributed by atoms with E-state index in [0.29, 0.717) is 0 Å². The first-order valence-electron chi connectivity index (χ1n) is 9.34. The van der Waals surface area contributed by atoms with Gasteiger partial charge in [0.15, 0.2) is 0 Å². The van der Waals surface area contributed by atoms with E-state index in [1.54, 1.807) is 6.20 Å². The number of hydrogen-bond acceptors (Lipinski definition) is 1. The molecule has 0 spiro atoms. The van der Waals surface area contributed by atoms with E-state index in [-0.39, 0.29) is 0 Å². The minimum absolute atomic E-state index is 0.788. The number of rotatable bonds is 4. The Kier molecular flexibility index (Phi) is 3.88. The van der Waals surface area contributed by atoms with Gasteiger partial charge in [-0.2, -0.15) is 0 Å². The number of para-hydroxylation sites is 1. The summed E-state index contributed by atoms with van der Waals surface area (Å²) in [5.41, 5.74) is 4.88. The number of hydrogen-bond donors (Lipinski definition) is 0. The molecule has 0 atom stereocenters. The van der Waals surface area contributed by atoms with E-state index in [1.807, 2.05) is 68.8 Å². The molecule has 0 N–H and O–H groups in total. The van der Waals surface area contributed by atoms with Crippen LogP contribution in [0.5, 0.6) is 0 Å². The lowest BCUT2D eigenvalue weighted by Gasteiger charge is -2.22. The second-order valence-corrected chi connectivity index (χ2v) is 6.64. The molecule has 0 fully saturated rings. The van der Waals surface area contributed by atoms with Crippen molar-refractivity contribution in [3.05, 3.63) is 71.5 Å². The van der Waals surface area contributed by atoms with Gasteiger partial charge >= 0.3 is 0 Å². The van der Waals surface area contributed by atoms with E-state index in [9.17, 15) is 0 Å². The number of aromatic nitrogens is 2. The van der Waals surface area contributed by atoms with Gasteiger partial charge in [0.25, 0.3) is 0 Å². The van der Waals surface area contributed by atoms with Gasteiger partial charge in [0.05, 0.1) is 5.69 Å². The molecule has 0 saturated carbocycles. The number of aryl methyl sites for hydroxylation is 1. The fourth-order valence-electron chi connectivity index (χ4n) is 3.12. The number of imidazole rings is 1. The first-order chi connectivity index (χ1) is 12.1. The maximum atomic E-state index is 8.64. The maximum Gasteiger partial charge on any atom is 0.144 e. The lowest BCUT2D eigenvalue weighted by molar-refractivity contribution is 0.806. The topological polar surface area (TPSA) is 17.8 Å². The summed E-state index contributed by atoms with van der Waals surface area (Å²) in [5.74, 6) is -0.737. The van der Waals surface area contributed by atoms with Crippen LogP contribution in [0.25, 0.3) is 17.1 Å². The van der Waals surface area contributed by atoms with Crippen molar-refractivity contribution in [2.45, 2.75) is 46.4 Å². The van der Waals surface area contributed by atoms with E-state index >= 15 is 0 Å². The average molecular weight is 320 g/mol. The second-order valence-electron chi connectivity index (χ2n) is 6.64. The summed E-state index contributed by atoms with van der Waals surface area (Å²) in [6, 6.07) is 14.1. The molecular weight excluding hydrogens is 292 g/mol. The van der Waals surface area contributed by atoms with Gasteiger partial charge in [-0.05, 0) is 35.4 Å². The van der Waals surface area contributed by atoms with Crippen molar-refractivity contribution in [1.82, 2.24) is 9.55 Å². The Labute approximate surface area is 148 Å². The van der Waals surface area contributed by atoms with Crippen LogP contribution in [0.15, 0.2) is 54.9 Å². The van der Waals surface area contributed by atoms with Crippen molar-refractivity contribution in [3.8, 4) is 17.1 Å². The lowest BCUT2D eigenvalue weighted by atomic mass is 9.92. The van der Waals surface area contributed by atoms with Crippen LogP contribution < -0.4 is 0 Å². The van der Waals surface area contributed by atoms with Crippen LogP contribution in [-0.4, -0.2) is 9.55 Å². The Bertz CT molecular complexity index is 896. The molecule has 3 aromatic rings. The SMILES string of the molecule is [2H]C(C)(C)c1cccc(C([2H])(C)C)c1-n1ccnc1-c1ccccc1C. The van der Waals surface area contributed by atoms with E-state index in [0.717, 1.165) is 33.8 Å². The van der Waals surface area contributed by atoms with Crippen molar-refractivity contribution in [2.24, 2.45) is 0 Å². The van der Waals surface area contributed by atoms with Gasteiger partial charge < -0.3 is 0 Å². The Hall–Kier alpha value is -2.35. The first-order valence-corrected chi connectivity index (χ1v) is 8.34. The van der Waals surface area contributed by atoms with Crippen molar-refractivity contribution in [3.63, 3.8) is 0 Å². The van der Waals surface area contributed by atoms with Crippen LogP contribution in [0.1, 0.15) is 58.9 Å². The van der Waals surface area contributed by atoms with Crippen LogP contribution in [0.3, 0.4) is 0 Å². The maximum absolute atomic E-state index is 8.64. The number of benzene rings is 2. The quantitative estimate of drug-likeness (QED) is 0.568. The fourth-order valence-corrected chi connectivity index (χ4v) is 3.12. The van der Waals surface area contributed by atoms with Gasteiger partial charge in [0, 0.05) is 20.7 Å². The first kappa shape index (κ1) is 14.0. The number of nitrogens with zero attached hydrogens (tertiary/aromatic N) is 2. The highest BCUT2D eigenvalue weighted by Crippen LogP contribution is 2.34. The largest absolute Gasteiger partial charge is 0.299 e. The molecule has 1 aromatic heterocycles. The van der Waals surface area contributed by atoms with Gasteiger partial charge in [-0.25, -0.2) is 4.98 Å². The summed E-state index contributed by atoms with van der Waals surface area (Å²) in [7, 11) is 0. The molecular formula is C22H26N2. The molecule has 0 bridgehead atoms. The van der Waals surface area contributed by atoms with Crippen molar-refractivity contribution >= 4 is 0 Å². The summed E-state index contributed by atoms with van der Waals surface area (Å²) >= 11 is 0. The van der Waals surface area contributed by atoms with Crippen LogP contribution in [0.4, 0.5) is 0 Å². The minimum Gasteiger partial charge on any atom is -0.299 e. The highest BCUT2D eigenvalue weighted by Gasteiger charge is 2.18. The molecule has 3 rings (SSSR count). The highest BCUT2D eigenvalue weighted by molar-refractivity contribution is 5.65. The molecule has 1 heterocycles. The molecule has 0 saturated heterocycles. The molecule has 0 unspecified atom stereocenters. The predicted octanol–water partition coefficient (Wildman–Crippen LogP) is 6.09. The van der Waals surface area contributed by atoms with Gasteiger partial charge in [-0.3, -0.25) is 4.57 Å². The zero-order valence-electron chi connectivity index (χ0n) is 17.1. The van der Waals surface area contributed by atoms with Gasteiger partial charge in [-0.15, -0.1) is 0 Å². The summed E-state index contributed by atoms with van der Waals surface area (Å²) in [6.45, 7) is 9.62. The van der Waals surface area contributed by atoms with Crippen LogP contribution in [-0.2, 0) is 0 Å². The Balaban J connectivity index is 2.36. The summed E-state index contributed by atoms with van der Waals surface area (Å²) in [6.07, 6.45) is 3.72. The summed E-state index contributed by atoms with van der Waals surface area (Å²) < 4.78 is 19.3. The van der Waals surface area contributed by atoms with Gasteiger partial charge in [0.1, 0.15) is 5.82 Å². The van der Waals surface area contributed by atoms with E-state index in [2.05, 4.69) is 24.0 Å². The fraction of sp³-hybridized carbons (Fsp3) is 0.318. The van der Waals surface area contributed by atoms with Crippen LogP contribution in [0, 0.1) is 6.92 Å². The molecule has 24 heavy (non-hydrogen) atoms. The third-order valence-electron chi connectivity index (χ3n) is 4.38. The second kappa shape index (κ2) is 6.64. The smallest absolute Gasteiger partial charge is 0.144 e. The third-order valence-corrected chi connectivity index (χ3v) is 4.38. The van der Waals surface area contributed by atoms with Crippen molar-refractivity contribution in [1.29, 1.82) is 0 Å². The standard InChI is InChI=1S/C22H26N2/c1-15(2)18-11-8-12-19(16(3)4)21(18)24-14-13-23-22(24)20-10-7-6-9-17(20)5/h6-16H,1-5H3/i15D,16D. The Morgan fingerprint density at radius 2 is 1.54 bits per heavy atom. The van der Waals surface area contributed by atoms with E-state index in [1.165, 1.54) is 0 Å². The Morgan fingerprint density at radius 1 is 0.917 bits per heavy atom. The predicted molar refractivity (Wildman–Crippen MR) is 102 cm³/mol. The monoisotopic (exact) mass is 320 g/mol. The van der Waals surface area contributed by atoms with Crippen LogP contribution in [0.2, 0.25) is 0 Å². The van der Waals surface area contributed by atoms with Crippen molar-refractivity contribution < 1.29 is 2.74 Å². The third kappa shape index (κ3) is 2.89. The van der Waals surface area contributed by atoms with E-state index < -0.39 is 11.8 Å². The molecule has 0 radical (unpaired) electrons. The molecule has 124 valence electrons. The normalized spacial score (nSPS) is 13.5. The molecule has 2 nitrogen and oxygen atoms in total. The molecule has 2 aromatic carbocycles. The molecule has 0 aliphatic rings. The summed E-state index contributed by atoms with van der Waals surface area (Å²) in [5, 5.41) is 0. The highest BCUT2D eigenvalue weighted by atomic mass is 15.1.